The van der Waals surface area contributed by atoms with E-state index in [1.54, 1.807) is 6.92 Å². The minimum Gasteiger partial charge on any atom is -0.424 e. The molecular formula is C10H12N4O3S2. The van der Waals surface area contributed by atoms with E-state index in [-0.39, 0.29) is 10.3 Å². The van der Waals surface area contributed by atoms with Crippen LogP contribution >= 0.6 is 11.5 Å². The lowest BCUT2D eigenvalue weighted by atomic mass is 10.2. The maximum Gasteiger partial charge on any atom is 0.254 e. The van der Waals surface area contributed by atoms with Crippen molar-refractivity contribution in [2.24, 2.45) is 0 Å². The molecule has 2 aromatic heterocycles. The van der Waals surface area contributed by atoms with Crippen molar-refractivity contribution in [2.75, 3.05) is 6.54 Å². The Morgan fingerprint density at radius 1 is 1.47 bits per heavy atom. The Morgan fingerprint density at radius 2 is 2.32 bits per heavy atom. The van der Waals surface area contributed by atoms with E-state index in [4.69, 9.17) is 4.42 Å². The van der Waals surface area contributed by atoms with Gasteiger partial charge in [-0.3, -0.25) is 0 Å². The van der Waals surface area contributed by atoms with Gasteiger partial charge in [-0.2, -0.15) is 8.68 Å². The topological polar surface area (TPSA) is 89.2 Å². The van der Waals surface area contributed by atoms with Crippen LogP contribution in [0.2, 0.25) is 0 Å². The van der Waals surface area contributed by atoms with Gasteiger partial charge in [0.05, 0.1) is 0 Å². The van der Waals surface area contributed by atoms with Gasteiger partial charge in [0.1, 0.15) is 6.04 Å². The zero-order valence-electron chi connectivity index (χ0n) is 10.2. The Labute approximate surface area is 114 Å². The number of hydrogen-bond acceptors (Lipinski definition) is 7. The molecule has 0 N–H and O–H groups in total. The fourth-order valence-electron chi connectivity index (χ4n) is 2.17. The summed E-state index contributed by atoms with van der Waals surface area (Å²) in [7, 11) is -3.52. The summed E-state index contributed by atoms with van der Waals surface area (Å²) >= 11 is 0.973. The first-order valence-electron chi connectivity index (χ1n) is 5.81. The zero-order valence-corrected chi connectivity index (χ0v) is 11.8. The molecule has 0 saturated carbocycles. The van der Waals surface area contributed by atoms with Gasteiger partial charge in [0.15, 0.2) is 4.21 Å². The molecule has 1 aliphatic rings. The van der Waals surface area contributed by atoms with Gasteiger partial charge in [-0.25, -0.2) is 8.42 Å². The maximum absolute atomic E-state index is 12.5. The van der Waals surface area contributed by atoms with E-state index >= 15 is 0 Å². The molecule has 19 heavy (non-hydrogen) atoms. The molecule has 0 radical (unpaired) electrons. The summed E-state index contributed by atoms with van der Waals surface area (Å²) in [6.45, 7) is 2.15. The van der Waals surface area contributed by atoms with Crippen LogP contribution in [-0.4, -0.2) is 33.8 Å². The van der Waals surface area contributed by atoms with Crippen molar-refractivity contribution in [3.63, 3.8) is 0 Å². The molecule has 0 aromatic carbocycles. The summed E-state index contributed by atoms with van der Waals surface area (Å²) in [5.74, 6) is 0.806. The first-order valence-corrected chi connectivity index (χ1v) is 8.03. The summed E-state index contributed by atoms with van der Waals surface area (Å²) in [6, 6.07) is 1.14. The quantitative estimate of drug-likeness (QED) is 0.850. The number of hydrogen-bond donors (Lipinski definition) is 0. The first kappa shape index (κ1) is 12.7. The second-order valence-electron chi connectivity index (χ2n) is 4.26. The lowest BCUT2D eigenvalue weighted by Gasteiger charge is -2.20. The van der Waals surface area contributed by atoms with E-state index in [1.807, 2.05) is 0 Å². The van der Waals surface area contributed by atoms with Crippen LogP contribution in [0.4, 0.5) is 0 Å². The fourth-order valence-corrected chi connectivity index (χ4v) is 4.68. The highest BCUT2D eigenvalue weighted by Crippen LogP contribution is 2.36. The van der Waals surface area contributed by atoms with Crippen LogP contribution in [-0.2, 0) is 10.0 Å². The maximum atomic E-state index is 12.5. The second kappa shape index (κ2) is 4.66. The monoisotopic (exact) mass is 300 g/mol. The van der Waals surface area contributed by atoms with Gasteiger partial charge in [-0.1, -0.05) is 0 Å². The molecule has 102 valence electrons. The Kier molecular flexibility index (Phi) is 3.11. The molecule has 0 bridgehead atoms. The number of aromatic nitrogens is 3. The van der Waals surface area contributed by atoms with Gasteiger partial charge in [-0.15, -0.1) is 10.2 Å². The third kappa shape index (κ3) is 2.17. The van der Waals surface area contributed by atoms with Crippen LogP contribution in [0.3, 0.4) is 0 Å². The Balaban J connectivity index is 1.96. The van der Waals surface area contributed by atoms with Crippen LogP contribution in [0.15, 0.2) is 20.9 Å². The summed E-state index contributed by atoms with van der Waals surface area (Å²) < 4.78 is 35.9. The first-order chi connectivity index (χ1) is 9.09. The van der Waals surface area contributed by atoms with E-state index in [1.165, 1.54) is 16.6 Å². The molecule has 9 heteroatoms. The molecule has 0 aliphatic carbocycles. The van der Waals surface area contributed by atoms with Crippen LogP contribution in [0.5, 0.6) is 0 Å². The van der Waals surface area contributed by atoms with Crippen LogP contribution in [0, 0.1) is 6.92 Å². The zero-order chi connectivity index (χ0) is 13.5. The molecule has 1 saturated heterocycles. The predicted molar refractivity (Wildman–Crippen MR) is 67.0 cm³/mol. The molecule has 7 nitrogen and oxygen atoms in total. The van der Waals surface area contributed by atoms with Gasteiger partial charge in [0.2, 0.25) is 11.8 Å². The Bertz CT molecular complexity index is 665. The molecule has 0 amide bonds. The second-order valence-corrected chi connectivity index (χ2v) is 7.22. The third-order valence-corrected chi connectivity index (χ3v) is 6.11. The number of rotatable bonds is 3. The van der Waals surface area contributed by atoms with Gasteiger partial charge in [0.25, 0.3) is 10.0 Å². The van der Waals surface area contributed by atoms with E-state index in [0.29, 0.717) is 24.7 Å². The third-order valence-electron chi connectivity index (χ3n) is 3.01. The largest absolute Gasteiger partial charge is 0.424 e. The highest BCUT2D eigenvalue weighted by atomic mass is 32.2. The highest BCUT2D eigenvalue weighted by molar-refractivity contribution is 7.91. The van der Waals surface area contributed by atoms with E-state index in [2.05, 4.69) is 14.6 Å². The number of nitrogens with zero attached hydrogens (tertiary/aromatic N) is 4. The molecule has 0 unspecified atom stereocenters. The van der Waals surface area contributed by atoms with Gasteiger partial charge >= 0.3 is 0 Å². The van der Waals surface area contributed by atoms with Crippen molar-refractivity contribution >= 4 is 21.6 Å². The van der Waals surface area contributed by atoms with Crippen molar-refractivity contribution in [1.82, 2.24) is 18.9 Å². The Hall–Kier alpha value is -1.32. The molecule has 1 fully saturated rings. The van der Waals surface area contributed by atoms with Crippen molar-refractivity contribution in [1.29, 1.82) is 0 Å². The fraction of sp³-hybridized carbons (Fsp3) is 0.500. The van der Waals surface area contributed by atoms with E-state index in [9.17, 15) is 8.42 Å². The average molecular weight is 300 g/mol. The lowest BCUT2D eigenvalue weighted by molar-refractivity contribution is 0.324. The summed E-state index contributed by atoms with van der Waals surface area (Å²) in [6.07, 6.45) is 2.96. The van der Waals surface area contributed by atoms with E-state index in [0.717, 1.165) is 18.0 Å². The molecule has 3 heterocycles. The molecule has 2 aromatic rings. The minimum atomic E-state index is -3.52. The Morgan fingerprint density at radius 3 is 2.95 bits per heavy atom. The summed E-state index contributed by atoms with van der Waals surface area (Å²) in [5.41, 5.74) is 0. The minimum absolute atomic E-state index is 0.246. The smallest absolute Gasteiger partial charge is 0.254 e. The normalized spacial score (nSPS) is 21.0. The lowest BCUT2D eigenvalue weighted by Crippen LogP contribution is -2.30. The van der Waals surface area contributed by atoms with Crippen molar-refractivity contribution < 1.29 is 12.8 Å². The van der Waals surface area contributed by atoms with Crippen LogP contribution in [0.25, 0.3) is 0 Å². The molecular weight excluding hydrogens is 288 g/mol. The SMILES string of the molecule is Cc1nnc([C@H]2CCCN2S(=O)(=O)c2ccns2)o1. The van der Waals surface area contributed by atoms with Gasteiger partial charge in [-0.05, 0) is 30.4 Å². The molecule has 3 rings (SSSR count). The molecule has 1 aliphatic heterocycles. The van der Waals surface area contributed by atoms with Crippen LogP contribution in [0.1, 0.15) is 30.7 Å². The standard InChI is InChI=1S/C10H12N4O3S2/c1-7-12-13-10(17-7)8-3-2-6-14(8)19(15,16)9-4-5-11-18-9/h4-5,8H,2-3,6H2,1H3/t8-/m1/s1. The van der Waals surface area contributed by atoms with Gasteiger partial charge < -0.3 is 4.42 Å². The van der Waals surface area contributed by atoms with Gasteiger partial charge in [0, 0.05) is 19.7 Å². The van der Waals surface area contributed by atoms with Crippen molar-refractivity contribution in [3.8, 4) is 0 Å². The molecule has 1 atom stereocenters. The van der Waals surface area contributed by atoms with Crippen LogP contribution < -0.4 is 0 Å². The number of aryl methyl sites for hydroxylation is 1. The molecule has 0 spiro atoms. The predicted octanol–water partition coefficient (Wildman–Crippen LogP) is 1.36. The van der Waals surface area contributed by atoms with Crippen molar-refractivity contribution in [2.45, 2.75) is 30.0 Å². The van der Waals surface area contributed by atoms with E-state index < -0.39 is 10.0 Å². The van der Waals surface area contributed by atoms with Crippen molar-refractivity contribution in [3.05, 3.63) is 24.0 Å². The summed E-state index contributed by atoms with van der Waals surface area (Å²) in [5, 5.41) is 7.70. The summed E-state index contributed by atoms with van der Waals surface area (Å²) in [4.78, 5) is 0. The number of sulfonamides is 1. The average Bonchev–Trinajstić information content (AvgIpc) is 3.10. The highest BCUT2D eigenvalue weighted by Gasteiger charge is 2.39.